The van der Waals surface area contributed by atoms with Gasteiger partial charge in [-0.3, -0.25) is 14.6 Å². The minimum Gasteiger partial charge on any atom is -0.481 e. The second-order valence-electron chi connectivity index (χ2n) is 8.93. The minimum absolute atomic E-state index is 0.0197. The Hall–Kier alpha value is -3.35. The van der Waals surface area contributed by atoms with Crippen LogP contribution in [0.2, 0.25) is 0 Å². The number of carboxylic acids is 1. The van der Waals surface area contributed by atoms with Gasteiger partial charge in [0.15, 0.2) is 0 Å². The van der Waals surface area contributed by atoms with E-state index in [-0.39, 0.29) is 11.9 Å². The molecule has 2 aliphatic rings. The molecule has 2 atom stereocenters. The van der Waals surface area contributed by atoms with Crippen molar-refractivity contribution in [1.82, 2.24) is 9.91 Å². The number of carboxylic acid groups (broad SMARTS) is 1. The summed E-state index contributed by atoms with van der Waals surface area (Å²) in [5.41, 5.74) is 3.02. The first-order valence-electron chi connectivity index (χ1n) is 11.6. The van der Waals surface area contributed by atoms with Gasteiger partial charge >= 0.3 is 5.97 Å². The highest BCUT2D eigenvalue weighted by Crippen LogP contribution is 2.27. The van der Waals surface area contributed by atoms with E-state index in [2.05, 4.69) is 5.10 Å². The fourth-order valence-corrected chi connectivity index (χ4v) is 4.45. The summed E-state index contributed by atoms with van der Waals surface area (Å²) in [4.78, 5) is 26.2. The van der Waals surface area contributed by atoms with Crippen LogP contribution in [0.25, 0.3) is 0 Å². The minimum atomic E-state index is -0.813. The van der Waals surface area contributed by atoms with E-state index in [1.54, 1.807) is 6.92 Å². The molecule has 1 N–H and O–H groups in total. The number of carbonyl (C=O) groups is 2. The van der Waals surface area contributed by atoms with Gasteiger partial charge in [0.1, 0.15) is 11.5 Å². The summed E-state index contributed by atoms with van der Waals surface area (Å²) in [6.45, 7) is 5.56. The average Bonchev–Trinajstić information content (AvgIpc) is 3.46. The molecule has 2 aliphatic heterocycles. The molecular weight excluding hydrogens is 418 g/mol. The lowest BCUT2D eigenvalue weighted by Gasteiger charge is -2.25. The fraction of sp³-hybridized carbons (Fsp3) is 0.423. The number of nitrogens with zero attached hydrogens (tertiary/aromatic N) is 3. The van der Waals surface area contributed by atoms with Crippen molar-refractivity contribution in [1.29, 1.82) is 0 Å². The molecule has 1 fully saturated rings. The van der Waals surface area contributed by atoms with Gasteiger partial charge in [0, 0.05) is 26.1 Å². The fourth-order valence-electron chi connectivity index (χ4n) is 4.45. The molecule has 0 aromatic heterocycles. The molecule has 0 radical (unpaired) electrons. The molecule has 1 amide bonds. The number of ether oxygens (including phenoxy) is 1. The number of aryl methyl sites for hydroxylation is 1. The van der Waals surface area contributed by atoms with Gasteiger partial charge in [-0.1, -0.05) is 37.3 Å². The summed E-state index contributed by atoms with van der Waals surface area (Å²) in [5.74, 6) is 0.393. The summed E-state index contributed by atoms with van der Waals surface area (Å²) < 4.78 is 5.95. The van der Waals surface area contributed by atoms with E-state index in [0.717, 1.165) is 54.1 Å². The number of aliphatic carboxylic acids is 1. The lowest BCUT2D eigenvalue weighted by molar-refractivity contribution is -0.141. The third-order valence-electron chi connectivity index (χ3n) is 6.36. The van der Waals surface area contributed by atoms with Gasteiger partial charge in [-0.2, -0.15) is 5.10 Å². The van der Waals surface area contributed by atoms with Crippen LogP contribution in [0.3, 0.4) is 0 Å². The van der Waals surface area contributed by atoms with Crippen LogP contribution in [0, 0.1) is 12.8 Å². The van der Waals surface area contributed by atoms with Gasteiger partial charge in [-0.15, -0.1) is 0 Å². The third-order valence-corrected chi connectivity index (χ3v) is 6.36. The molecule has 2 aromatic rings. The normalized spacial score (nSPS) is 18.8. The van der Waals surface area contributed by atoms with Crippen molar-refractivity contribution in [2.75, 3.05) is 19.6 Å². The van der Waals surface area contributed by atoms with Gasteiger partial charge in [-0.25, -0.2) is 0 Å². The quantitative estimate of drug-likeness (QED) is 0.656. The summed E-state index contributed by atoms with van der Waals surface area (Å²) in [7, 11) is 0. The summed E-state index contributed by atoms with van der Waals surface area (Å²) >= 11 is 0. The van der Waals surface area contributed by atoms with Crippen molar-refractivity contribution in [2.45, 2.75) is 45.6 Å². The molecule has 7 nitrogen and oxygen atoms in total. The molecule has 33 heavy (non-hydrogen) atoms. The monoisotopic (exact) mass is 449 g/mol. The van der Waals surface area contributed by atoms with E-state index in [9.17, 15) is 9.59 Å². The number of carbonyl (C=O) groups excluding carboxylic acids is 1. The highest BCUT2D eigenvalue weighted by molar-refractivity contribution is 5.94. The molecule has 2 unspecified atom stereocenters. The first-order valence-corrected chi connectivity index (χ1v) is 11.6. The molecule has 2 aromatic carbocycles. The highest BCUT2D eigenvalue weighted by Gasteiger charge is 2.34. The zero-order chi connectivity index (χ0) is 23.4. The molecule has 2 heterocycles. The molecule has 0 aliphatic carbocycles. The van der Waals surface area contributed by atoms with Crippen LogP contribution in [0.15, 0.2) is 53.6 Å². The number of benzene rings is 2. The molecule has 4 rings (SSSR count). The van der Waals surface area contributed by atoms with Crippen molar-refractivity contribution in [2.24, 2.45) is 11.0 Å². The summed E-state index contributed by atoms with van der Waals surface area (Å²) in [6, 6.07) is 15.6. The second kappa shape index (κ2) is 10.1. The largest absolute Gasteiger partial charge is 0.481 e. The Labute approximate surface area is 194 Å². The van der Waals surface area contributed by atoms with Crippen LogP contribution in [-0.2, 0) is 16.0 Å². The Morgan fingerprint density at radius 2 is 1.91 bits per heavy atom. The van der Waals surface area contributed by atoms with Crippen molar-refractivity contribution in [3.8, 4) is 11.5 Å². The molecule has 174 valence electrons. The van der Waals surface area contributed by atoms with E-state index in [4.69, 9.17) is 9.84 Å². The van der Waals surface area contributed by atoms with E-state index >= 15 is 0 Å². The molecule has 0 spiro atoms. The standard InChI is InChI=1S/C26H31N3O4/c1-18-6-3-4-8-24(18)33-21-11-9-20(10-12-21)16-25(30)29-14-5-7-23(29)22-13-15-28(27-22)17-19(2)26(31)32/h3-4,6,8-12,19,23H,5,7,13-17H2,1-2H3,(H,31,32). The van der Waals surface area contributed by atoms with Gasteiger partial charge in [-0.05, 0) is 49.1 Å². The maximum atomic E-state index is 13.1. The number of hydrogen-bond donors (Lipinski definition) is 1. The Morgan fingerprint density at radius 3 is 2.64 bits per heavy atom. The highest BCUT2D eigenvalue weighted by atomic mass is 16.5. The van der Waals surface area contributed by atoms with Crippen molar-refractivity contribution in [3.63, 3.8) is 0 Å². The van der Waals surface area contributed by atoms with Gasteiger partial charge in [0.2, 0.25) is 5.91 Å². The second-order valence-corrected chi connectivity index (χ2v) is 8.93. The first kappa shape index (κ1) is 22.8. The predicted octanol–water partition coefficient (Wildman–Crippen LogP) is 4.10. The smallest absolute Gasteiger partial charge is 0.308 e. The average molecular weight is 450 g/mol. The number of likely N-dealkylation sites (tertiary alicyclic amines) is 1. The Bertz CT molecular complexity index is 1030. The van der Waals surface area contributed by atoms with Crippen molar-refractivity contribution < 1.29 is 19.4 Å². The Kier molecular flexibility index (Phi) is 6.96. The SMILES string of the molecule is Cc1ccccc1Oc1ccc(CC(=O)N2CCCC2C2=NN(CC(C)C(=O)O)CC2)cc1. The number of amides is 1. The molecule has 0 saturated carbocycles. The van der Waals surface area contributed by atoms with Gasteiger partial charge in [0.05, 0.1) is 24.1 Å². The van der Waals surface area contributed by atoms with Gasteiger partial charge in [0.25, 0.3) is 0 Å². The van der Waals surface area contributed by atoms with Crippen LogP contribution < -0.4 is 4.74 Å². The van der Waals surface area contributed by atoms with Crippen molar-refractivity contribution >= 4 is 17.6 Å². The third kappa shape index (κ3) is 5.53. The molecule has 1 saturated heterocycles. The van der Waals surface area contributed by atoms with Crippen LogP contribution in [0.5, 0.6) is 11.5 Å². The molecular formula is C26H31N3O4. The summed E-state index contributed by atoms with van der Waals surface area (Å²) in [5, 5.41) is 15.6. The number of hydrazone groups is 1. The van der Waals surface area contributed by atoms with Crippen LogP contribution in [0.1, 0.15) is 37.3 Å². The van der Waals surface area contributed by atoms with Crippen molar-refractivity contribution in [3.05, 3.63) is 59.7 Å². The summed E-state index contributed by atoms with van der Waals surface area (Å²) in [6.07, 6.45) is 3.00. The van der Waals surface area contributed by atoms with E-state index in [0.29, 0.717) is 19.5 Å². The van der Waals surface area contributed by atoms with Crippen LogP contribution in [-0.4, -0.2) is 58.3 Å². The number of para-hydroxylation sites is 1. The zero-order valence-corrected chi connectivity index (χ0v) is 19.2. The first-order chi connectivity index (χ1) is 15.9. The number of hydrogen-bond acceptors (Lipinski definition) is 5. The molecule has 0 bridgehead atoms. The van der Waals surface area contributed by atoms with Gasteiger partial charge < -0.3 is 14.7 Å². The lowest BCUT2D eigenvalue weighted by atomic mass is 10.1. The number of rotatable bonds is 8. The maximum absolute atomic E-state index is 13.1. The van der Waals surface area contributed by atoms with E-state index < -0.39 is 11.9 Å². The molecule has 7 heteroatoms. The lowest BCUT2D eigenvalue weighted by Crippen LogP contribution is -2.41. The zero-order valence-electron chi connectivity index (χ0n) is 19.2. The predicted molar refractivity (Wildman–Crippen MR) is 127 cm³/mol. The topological polar surface area (TPSA) is 82.4 Å². The Morgan fingerprint density at radius 1 is 1.15 bits per heavy atom. The van der Waals surface area contributed by atoms with Crippen LogP contribution >= 0.6 is 0 Å². The van der Waals surface area contributed by atoms with E-state index in [1.165, 1.54) is 0 Å². The maximum Gasteiger partial charge on any atom is 0.308 e. The van der Waals surface area contributed by atoms with Crippen LogP contribution in [0.4, 0.5) is 0 Å². The van der Waals surface area contributed by atoms with E-state index in [1.807, 2.05) is 65.4 Å². The Balaban J connectivity index is 1.36.